The van der Waals surface area contributed by atoms with Crippen LogP contribution in [0.3, 0.4) is 0 Å². The minimum absolute atomic E-state index is 0.0234. The average molecular weight is 402 g/mol. The second-order valence-electron chi connectivity index (χ2n) is 8.16. The summed E-state index contributed by atoms with van der Waals surface area (Å²) in [4.78, 5) is 19.2. The first-order chi connectivity index (χ1) is 14.1. The van der Waals surface area contributed by atoms with Crippen molar-refractivity contribution in [3.63, 3.8) is 0 Å². The van der Waals surface area contributed by atoms with Gasteiger partial charge >= 0.3 is 0 Å². The number of fused-ring (bicyclic) bond motifs is 2. The number of nitrogens with one attached hydrogen (secondary N) is 1. The summed E-state index contributed by atoms with van der Waals surface area (Å²) in [5, 5.41) is 8.97. The molecule has 158 valence electrons. The zero-order valence-corrected chi connectivity index (χ0v) is 17.1. The van der Waals surface area contributed by atoms with Gasteiger partial charge in [-0.2, -0.15) is 0 Å². The van der Waals surface area contributed by atoms with E-state index in [1.165, 1.54) is 0 Å². The van der Waals surface area contributed by atoms with E-state index in [4.69, 9.17) is 19.7 Å². The van der Waals surface area contributed by atoms with Crippen LogP contribution in [0.4, 0.5) is 5.95 Å². The molecule has 1 amide bonds. The number of imidazole rings is 1. The van der Waals surface area contributed by atoms with Crippen LogP contribution in [-0.2, 0) is 20.8 Å². The number of benzene rings is 1. The average Bonchev–Trinajstić information content (AvgIpc) is 3.03. The summed E-state index contributed by atoms with van der Waals surface area (Å²) < 4.78 is 13.8. The van der Waals surface area contributed by atoms with Crippen LogP contribution in [0.2, 0.25) is 0 Å². The third kappa shape index (κ3) is 3.97. The highest BCUT2D eigenvalue weighted by atomic mass is 16.5. The molecule has 8 nitrogen and oxygen atoms in total. The molecular weight excluding hydrogens is 372 g/mol. The summed E-state index contributed by atoms with van der Waals surface area (Å²) in [5.74, 6) is 0.797. The highest BCUT2D eigenvalue weighted by Crippen LogP contribution is 2.36. The highest BCUT2D eigenvalue weighted by Gasteiger charge is 2.39. The maximum Gasteiger partial charge on any atom is 0.246 e. The van der Waals surface area contributed by atoms with Crippen LogP contribution >= 0.6 is 0 Å². The number of carbonyl (C=O) groups is 1. The van der Waals surface area contributed by atoms with Crippen LogP contribution in [-0.4, -0.2) is 59.7 Å². The van der Waals surface area contributed by atoms with E-state index in [1.54, 1.807) is 12.6 Å². The second kappa shape index (κ2) is 8.69. The highest BCUT2D eigenvalue weighted by molar-refractivity contribution is 5.79. The Kier molecular flexibility index (Phi) is 6.03. The van der Waals surface area contributed by atoms with Crippen molar-refractivity contribution in [2.75, 3.05) is 31.8 Å². The Morgan fingerprint density at radius 3 is 3.00 bits per heavy atom. The van der Waals surface area contributed by atoms with E-state index in [1.807, 2.05) is 18.2 Å². The van der Waals surface area contributed by atoms with E-state index in [0.29, 0.717) is 25.6 Å². The van der Waals surface area contributed by atoms with E-state index < -0.39 is 0 Å². The molecule has 1 aromatic heterocycles. The van der Waals surface area contributed by atoms with E-state index in [0.717, 1.165) is 42.9 Å². The summed E-state index contributed by atoms with van der Waals surface area (Å²) >= 11 is 0. The number of para-hydroxylation sites is 2. The smallest absolute Gasteiger partial charge is 0.246 e. The largest absolute Gasteiger partial charge is 0.383 e. The number of nitrogens with zero attached hydrogens (tertiary/aromatic N) is 3. The molecule has 1 saturated carbocycles. The molecule has 2 fully saturated rings. The SMILES string of the molecule is COCCn1c(N2CC3CCC(C(=O)NO)CC3OC[C@@H]2C)nc2ccccc21. The second-order valence-corrected chi connectivity index (χ2v) is 8.16. The van der Waals surface area contributed by atoms with Crippen molar-refractivity contribution in [1.82, 2.24) is 15.0 Å². The number of ether oxygens (including phenoxy) is 2. The number of aromatic nitrogens is 2. The number of hydrogen-bond acceptors (Lipinski definition) is 6. The topological polar surface area (TPSA) is 88.9 Å². The van der Waals surface area contributed by atoms with Crippen molar-refractivity contribution >= 4 is 22.9 Å². The monoisotopic (exact) mass is 402 g/mol. The number of rotatable bonds is 5. The first-order valence-electron chi connectivity index (χ1n) is 10.4. The summed E-state index contributed by atoms with van der Waals surface area (Å²) in [5.41, 5.74) is 3.89. The van der Waals surface area contributed by atoms with Crippen LogP contribution in [0.1, 0.15) is 26.2 Å². The molecule has 2 N–H and O–H groups in total. The molecule has 0 spiro atoms. The number of anilines is 1. The molecule has 0 bridgehead atoms. The molecule has 3 unspecified atom stereocenters. The van der Waals surface area contributed by atoms with Gasteiger partial charge in [0.1, 0.15) is 0 Å². The Morgan fingerprint density at radius 2 is 2.21 bits per heavy atom. The van der Waals surface area contributed by atoms with E-state index in [9.17, 15) is 4.79 Å². The molecule has 4 atom stereocenters. The molecule has 0 radical (unpaired) electrons. The van der Waals surface area contributed by atoms with Gasteiger partial charge in [0.05, 0.1) is 36.4 Å². The van der Waals surface area contributed by atoms with Crippen LogP contribution in [0.25, 0.3) is 11.0 Å². The van der Waals surface area contributed by atoms with E-state index >= 15 is 0 Å². The molecule has 1 aromatic carbocycles. The Morgan fingerprint density at radius 1 is 1.38 bits per heavy atom. The molecule has 2 heterocycles. The molecule has 1 saturated heterocycles. The molecule has 29 heavy (non-hydrogen) atoms. The van der Waals surface area contributed by atoms with Gasteiger partial charge in [0.25, 0.3) is 0 Å². The maximum atomic E-state index is 11.9. The summed E-state index contributed by atoms with van der Waals surface area (Å²) in [6.45, 7) is 4.95. The number of hydrogen-bond donors (Lipinski definition) is 2. The molecular formula is C21H30N4O4. The van der Waals surface area contributed by atoms with Crippen molar-refractivity contribution in [3.8, 4) is 0 Å². The van der Waals surface area contributed by atoms with Crippen molar-refractivity contribution in [2.24, 2.45) is 11.8 Å². The third-order valence-electron chi connectivity index (χ3n) is 6.33. The van der Waals surface area contributed by atoms with E-state index in [2.05, 4.69) is 22.5 Å². The molecule has 8 heteroatoms. The maximum absolute atomic E-state index is 11.9. The first kappa shape index (κ1) is 20.1. The third-order valence-corrected chi connectivity index (χ3v) is 6.33. The molecule has 4 rings (SSSR count). The lowest BCUT2D eigenvalue weighted by molar-refractivity contribution is -0.137. The van der Waals surface area contributed by atoms with Gasteiger partial charge in [-0.25, -0.2) is 10.5 Å². The Labute approximate surface area is 170 Å². The van der Waals surface area contributed by atoms with Crippen LogP contribution in [0.15, 0.2) is 24.3 Å². The van der Waals surface area contributed by atoms with Gasteiger partial charge in [0.2, 0.25) is 11.9 Å². The number of amides is 1. The lowest BCUT2D eigenvalue weighted by Gasteiger charge is -2.35. The summed E-state index contributed by atoms with van der Waals surface area (Å²) in [6.07, 6.45) is 2.33. The van der Waals surface area contributed by atoms with Gasteiger partial charge in [0, 0.05) is 32.0 Å². The lowest BCUT2D eigenvalue weighted by atomic mass is 9.79. The Hall–Kier alpha value is -2.16. The quantitative estimate of drug-likeness (QED) is 0.589. The fraction of sp³-hybridized carbons (Fsp3) is 0.619. The van der Waals surface area contributed by atoms with Crippen LogP contribution < -0.4 is 10.4 Å². The standard InChI is InChI=1S/C21H30N4O4/c1-14-13-29-19-11-15(20(26)23-27)7-8-16(19)12-25(14)21-22-17-5-3-4-6-18(17)24(21)9-10-28-2/h3-6,14-16,19,27H,7-13H2,1-2H3,(H,23,26)/t14-,15?,16?,19?/m0/s1. The van der Waals surface area contributed by atoms with Gasteiger partial charge in [-0.15, -0.1) is 0 Å². The zero-order chi connectivity index (χ0) is 20.4. The molecule has 2 aromatic rings. The zero-order valence-electron chi connectivity index (χ0n) is 17.1. The summed E-state index contributed by atoms with van der Waals surface area (Å²) in [6, 6.07) is 8.36. The minimum atomic E-state index is -0.303. The van der Waals surface area contributed by atoms with Crippen molar-refractivity contribution in [3.05, 3.63) is 24.3 Å². The molecule has 1 aliphatic carbocycles. The molecule has 1 aliphatic heterocycles. The predicted octanol–water partition coefficient (Wildman–Crippen LogP) is 2.20. The minimum Gasteiger partial charge on any atom is -0.383 e. The Balaban J connectivity index is 1.61. The van der Waals surface area contributed by atoms with Crippen molar-refractivity contribution in [1.29, 1.82) is 0 Å². The number of hydroxylamine groups is 1. The van der Waals surface area contributed by atoms with Gasteiger partial charge < -0.3 is 18.9 Å². The van der Waals surface area contributed by atoms with Crippen molar-refractivity contribution < 1.29 is 19.5 Å². The number of carbonyl (C=O) groups excluding carboxylic acids is 1. The fourth-order valence-electron chi connectivity index (χ4n) is 4.68. The van der Waals surface area contributed by atoms with Gasteiger partial charge in [-0.3, -0.25) is 10.0 Å². The summed E-state index contributed by atoms with van der Waals surface area (Å²) in [7, 11) is 1.72. The normalized spacial score (nSPS) is 27.5. The fourth-order valence-corrected chi connectivity index (χ4v) is 4.68. The van der Waals surface area contributed by atoms with E-state index in [-0.39, 0.29) is 24.0 Å². The van der Waals surface area contributed by atoms with Gasteiger partial charge in [-0.1, -0.05) is 12.1 Å². The van der Waals surface area contributed by atoms with Crippen LogP contribution in [0, 0.1) is 11.8 Å². The van der Waals surface area contributed by atoms with Gasteiger partial charge in [-0.05, 0) is 38.3 Å². The van der Waals surface area contributed by atoms with Crippen molar-refractivity contribution in [2.45, 2.75) is 44.9 Å². The van der Waals surface area contributed by atoms with Gasteiger partial charge in [0.15, 0.2) is 0 Å². The van der Waals surface area contributed by atoms with Crippen LogP contribution in [0.5, 0.6) is 0 Å². The Bertz CT molecular complexity index is 854. The number of methoxy groups -OCH3 is 1. The lowest BCUT2D eigenvalue weighted by Crippen LogP contribution is -2.42. The first-order valence-corrected chi connectivity index (χ1v) is 10.4. The predicted molar refractivity (Wildman–Crippen MR) is 109 cm³/mol. The molecule has 2 aliphatic rings.